The van der Waals surface area contributed by atoms with Crippen LogP contribution in [0.2, 0.25) is 5.02 Å². The zero-order valence-electron chi connectivity index (χ0n) is 14.0. The van der Waals surface area contributed by atoms with E-state index < -0.39 is 56.2 Å². The van der Waals surface area contributed by atoms with E-state index in [1.165, 1.54) is 18.2 Å². The lowest BCUT2D eigenvalue weighted by atomic mass is 9.75. The molecule has 2 fully saturated rings. The summed E-state index contributed by atoms with van der Waals surface area (Å²) >= 11 is 5.98. The summed E-state index contributed by atoms with van der Waals surface area (Å²) < 4.78 is 25.9. The maximum Gasteiger partial charge on any atom is 0.312 e. The molecule has 5 atom stereocenters. The van der Waals surface area contributed by atoms with Crippen molar-refractivity contribution in [2.24, 2.45) is 22.5 Å². The lowest BCUT2D eigenvalue weighted by Gasteiger charge is -2.29. The lowest BCUT2D eigenvalue weighted by Crippen LogP contribution is -2.44. The Labute approximate surface area is 160 Å². The van der Waals surface area contributed by atoms with Crippen LogP contribution in [0.4, 0.5) is 0 Å². The SMILES string of the molecule is N#CC1(C(N)=O)CC1[C@]1(C(=O)O)C[C@@H](S(=O)(=O)c2ccccc2Cl)C[C@H]1O. The number of sulfone groups is 1. The minimum atomic E-state index is -4.03. The fourth-order valence-corrected chi connectivity index (χ4v) is 6.59. The monoisotopic (exact) mass is 412 g/mol. The van der Waals surface area contributed by atoms with Crippen molar-refractivity contribution >= 4 is 33.3 Å². The molecule has 4 N–H and O–H groups in total. The van der Waals surface area contributed by atoms with Gasteiger partial charge in [0.2, 0.25) is 5.91 Å². The Balaban J connectivity index is 2.02. The number of hydrogen-bond acceptors (Lipinski definition) is 6. The molecule has 1 amide bonds. The topological polar surface area (TPSA) is 159 Å². The summed E-state index contributed by atoms with van der Waals surface area (Å²) in [6, 6.07) is 7.52. The van der Waals surface area contributed by atoms with Crippen LogP contribution in [0.15, 0.2) is 29.2 Å². The van der Waals surface area contributed by atoms with E-state index in [-0.39, 0.29) is 22.8 Å². The number of aliphatic carboxylic acids is 1. The van der Waals surface area contributed by atoms with E-state index in [2.05, 4.69) is 0 Å². The molecule has 3 rings (SSSR count). The van der Waals surface area contributed by atoms with E-state index in [4.69, 9.17) is 17.3 Å². The van der Waals surface area contributed by atoms with Crippen LogP contribution in [0.25, 0.3) is 0 Å². The van der Waals surface area contributed by atoms with Crippen molar-refractivity contribution in [3.63, 3.8) is 0 Å². The quantitative estimate of drug-likeness (QED) is 0.642. The number of primary amides is 1. The van der Waals surface area contributed by atoms with Crippen LogP contribution < -0.4 is 5.73 Å². The summed E-state index contributed by atoms with van der Waals surface area (Å²) in [7, 11) is -4.03. The van der Waals surface area contributed by atoms with Crippen LogP contribution in [-0.2, 0) is 19.4 Å². The normalized spacial score (nSPS) is 35.4. The van der Waals surface area contributed by atoms with Crippen molar-refractivity contribution < 1.29 is 28.2 Å². The van der Waals surface area contributed by atoms with E-state index in [1.807, 2.05) is 0 Å². The van der Waals surface area contributed by atoms with E-state index in [0.29, 0.717) is 0 Å². The molecule has 0 bridgehead atoms. The second-order valence-corrected chi connectivity index (χ2v) is 9.71. The number of nitrogens with two attached hydrogens (primary N) is 1. The summed E-state index contributed by atoms with van der Waals surface area (Å²) in [6.45, 7) is 0. The smallest absolute Gasteiger partial charge is 0.312 e. The first-order valence-electron chi connectivity index (χ1n) is 8.15. The first-order chi connectivity index (χ1) is 12.5. The van der Waals surface area contributed by atoms with Gasteiger partial charge in [-0.25, -0.2) is 8.42 Å². The maximum absolute atomic E-state index is 13.0. The van der Waals surface area contributed by atoms with Gasteiger partial charge in [0, 0.05) is 5.92 Å². The van der Waals surface area contributed by atoms with Gasteiger partial charge >= 0.3 is 5.97 Å². The third kappa shape index (κ3) is 2.63. The number of aliphatic hydroxyl groups is 1. The molecule has 1 aromatic carbocycles. The fraction of sp³-hybridized carbons (Fsp3) is 0.471. The van der Waals surface area contributed by atoms with Crippen molar-refractivity contribution in [2.75, 3.05) is 0 Å². The number of amides is 1. The van der Waals surface area contributed by atoms with Crippen LogP contribution >= 0.6 is 11.6 Å². The molecule has 2 aliphatic carbocycles. The highest BCUT2D eigenvalue weighted by Crippen LogP contribution is 2.66. The molecule has 0 heterocycles. The number of aliphatic hydroxyl groups excluding tert-OH is 1. The van der Waals surface area contributed by atoms with E-state index >= 15 is 0 Å². The largest absolute Gasteiger partial charge is 0.481 e. The molecule has 2 unspecified atom stereocenters. The van der Waals surface area contributed by atoms with Crippen LogP contribution in [0, 0.1) is 28.1 Å². The molecule has 0 spiro atoms. The molecule has 0 radical (unpaired) electrons. The summed E-state index contributed by atoms with van der Waals surface area (Å²) in [6.07, 6.45) is -2.44. The average molecular weight is 413 g/mol. The summed E-state index contributed by atoms with van der Waals surface area (Å²) in [5, 5.41) is 28.5. The number of rotatable bonds is 5. The molecule has 2 saturated carbocycles. The third-order valence-corrected chi connectivity index (χ3v) is 8.50. The molecule has 0 aliphatic heterocycles. The number of carbonyl (C=O) groups is 2. The van der Waals surface area contributed by atoms with Gasteiger partial charge in [-0.2, -0.15) is 5.26 Å². The molecule has 27 heavy (non-hydrogen) atoms. The molecular weight excluding hydrogens is 396 g/mol. The Morgan fingerprint density at radius 2 is 1.93 bits per heavy atom. The highest BCUT2D eigenvalue weighted by Gasteiger charge is 2.75. The van der Waals surface area contributed by atoms with Crippen molar-refractivity contribution in [2.45, 2.75) is 35.5 Å². The number of carbonyl (C=O) groups excluding carboxylic acids is 1. The highest BCUT2D eigenvalue weighted by atomic mass is 35.5. The Morgan fingerprint density at radius 3 is 2.41 bits per heavy atom. The molecule has 0 aromatic heterocycles. The molecule has 8 nitrogen and oxygen atoms in total. The molecule has 10 heteroatoms. The lowest BCUT2D eigenvalue weighted by molar-refractivity contribution is -0.157. The van der Waals surface area contributed by atoms with Crippen molar-refractivity contribution in [1.82, 2.24) is 0 Å². The number of benzene rings is 1. The first kappa shape index (κ1) is 19.6. The third-order valence-electron chi connectivity index (χ3n) is 5.85. The maximum atomic E-state index is 13.0. The van der Waals surface area contributed by atoms with E-state index in [1.54, 1.807) is 12.1 Å². The highest BCUT2D eigenvalue weighted by molar-refractivity contribution is 7.92. The van der Waals surface area contributed by atoms with Crippen molar-refractivity contribution in [3.8, 4) is 6.07 Å². The van der Waals surface area contributed by atoms with Gasteiger partial charge in [-0.05, 0) is 31.4 Å². The number of carboxylic acid groups (broad SMARTS) is 1. The first-order valence-corrected chi connectivity index (χ1v) is 10.1. The van der Waals surface area contributed by atoms with Gasteiger partial charge in [0.05, 0.1) is 32.8 Å². The van der Waals surface area contributed by atoms with Gasteiger partial charge in [0.15, 0.2) is 9.84 Å². The Morgan fingerprint density at radius 1 is 1.30 bits per heavy atom. The van der Waals surface area contributed by atoms with Gasteiger partial charge in [-0.15, -0.1) is 0 Å². The molecular formula is C17H17ClN2O6S. The second kappa shape index (κ2) is 6.19. The predicted octanol–water partition coefficient (Wildman–Crippen LogP) is 0.723. The molecule has 1 aromatic rings. The number of nitrogens with zero attached hydrogens (tertiary/aromatic N) is 1. The molecule has 2 aliphatic rings. The Hall–Kier alpha value is -2.15. The van der Waals surface area contributed by atoms with E-state index in [0.717, 1.165) is 0 Å². The average Bonchev–Trinajstić information content (AvgIpc) is 3.25. The van der Waals surface area contributed by atoms with Crippen LogP contribution in [0.5, 0.6) is 0 Å². The summed E-state index contributed by atoms with van der Waals surface area (Å²) in [4.78, 5) is 23.6. The number of hydrogen-bond donors (Lipinski definition) is 3. The van der Waals surface area contributed by atoms with Gasteiger partial charge in [-0.1, -0.05) is 23.7 Å². The van der Waals surface area contributed by atoms with E-state index in [9.17, 15) is 33.5 Å². The summed E-state index contributed by atoms with van der Waals surface area (Å²) in [5.74, 6) is -3.47. The zero-order valence-corrected chi connectivity index (χ0v) is 15.6. The predicted molar refractivity (Wildman–Crippen MR) is 93.1 cm³/mol. The van der Waals surface area contributed by atoms with Crippen LogP contribution in [0.3, 0.4) is 0 Å². The van der Waals surface area contributed by atoms with Gasteiger partial charge in [0.25, 0.3) is 0 Å². The molecule has 0 saturated heterocycles. The number of nitriles is 1. The number of carboxylic acids is 1. The van der Waals surface area contributed by atoms with Crippen LogP contribution in [-0.4, -0.2) is 41.9 Å². The van der Waals surface area contributed by atoms with Crippen molar-refractivity contribution in [3.05, 3.63) is 29.3 Å². The zero-order chi connectivity index (χ0) is 20.2. The molecule has 144 valence electrons. The second-order valence-electron chi connectivity index (χ2n) is 7.10. The minimum absolute atomic E-state index is 0.00487. The Bertz CT molecular complexity index is 974. The fourth-order valence-electron chi connectivity index (χ4n) is 4.24. The number of halogens is 1. The Kier molecular flexibility index (Phi) is 4.50. The standard InChI is InChI=1S/C17H17ClN2O6S/c18-10-3-1-2-4-11(10)27(25,26)9-5-13(21)17(6-9,15(23)24)12-7-16(12,8-19)14(20)22/h1-4,9,12-13,21H,5-7H2,(H2,20,22)(H,23,24)/t9-,12?,13+,16?,17+/m0/s1. The van der Waals surface area contributed by atoms with Gasteiger partial charge in [-0.3, -0.25) is 9.59 Å². The van der Waals surface area contributed by atoms with Crippen LogP contribution in [0.1, 0.15) is 19.3 Å². The van der Waals surface area contributed by atoms with Crippen molar-refractivity contribution in [1.29, 1.82) is 5.26 Å². The minimum Gasteiger partial charge on any atom is -0.481 e. The summed E-state index contributed by atoms with van der Waals surface area (Å²) in [5.41, 5.74) is 1.62. The van der Waals surface area contributed by atoms with Gasteiger partial charge in [0.1, 0.15) is 5.41 Å². The van der Waals surface area contributed by atoms with Gasteiger partial charge < -0.3 is 15.9 Å².